The summed E-state index contributed by atoms with van der Waals surface area (Å²) in [5, 5.41) is 2.87. The Labute approximate surface area is 167 Å². The summed E-state index contributed by atoms with van der Waals surface area (Å²) in [4.78, 5) is 26.9. The molecule has 1 N–H and O–H groups in total. The van der Waals surface area contributed by atoms with E-state index in [-0.39, 0.29) is 18.4 Å². The summed E-state index contributed by atoms with van der Waals surface area (Å²) in [6.07, 6.45) is 1.80. The Bertz CT molecular complexity index is 744. The number of aryl methyl sites for hydroxylation is 1. The van der Waals surface area contributed by atoms with E-state index in [0.717, 1.165) is 18.4 Å². The van der Waals surface area contributed by atoms with Gasteiger partial charge in [0, 0.05) is 13.1 Å². The zero-order chi connectivity index (χ0) is 20.4. The van der Waals surface area contributed by atoms with Crippen LogP contribution in [0.25, 0.3) is 0 Å². The smallest absolute Gasteiger partial charge is 0.261 e. The van der Waals surface area contributed by atoms with Crippen LogP contribution in [0.3, 0.4) is 0 Å². The molecule has 0 radical (unpaired) electrons. The van der Waals surface area contributed by atoms with Gasteiger partial charge < -0.3 is 15.0 Å². The summed E-state index contributed by atoms with van der Waals surface area (Å²) in [5.41, 5.74) is 2.18. The summed E-state index contributed by atoms with van der Waals surface area (Å²) in [5.74, 6) is 0.272. The molecule has 2 aromatic carbocycles. The van der Waals surface area contributed by atoms with Crippen molar-refractivity contribution in [3.8, 4) is 5.75 Å². The van der Waals surface area contributed by atoms with Gasteiger partial charge in [0.15, 0.2) is 6.61 Å². The van der Waals surface area contributed by atoms with Gasteiger partial charge in [-0.25, -0.2) is 0 Å². The average molecular weight is 383 g/mol. The van der Waals surface area contributed by atoms with Crippen LogP contribution in [0, 0.1) is 0 Å². The van der Waals surface area contributed by atoms with E-state index in [1.165, 1.54) is 5.56 Å². The lowest BCUT2D eigenvalue weighted by molar-refractivity contribution is -0.142. The van der Waals surface area contributed by atoms with E-state index >= 15 is 0 Å². The number of nitrogens with zero attached hydrogens (tertiary/aromatic N) is 1. The third kappa shape index (κ3) is 6.41. The topological polar surface area (TPSA) is 58.6 Å². The maximum absolute atomic E-state index is 12.9. The van der Waals surface area contributed by atoms with Crippen molar-refractivity contribution >= 4 is 11.8 Å². The molecule has 5 nitrogen and oxygen atoms in total. The molecule has 2 rings (SSSR count). The fourth-order valence-corrected chi connectivity index (χ4v) is 2.81. The van der Waals surface area contributed by atoms with Gasteiger partial charge in [0.2, 0.25) is 5.91 Å². The van der Waals surface area contributed by atoms with Crippen LogP contribution >= 0.6 is 0 Å². The van der Waals surface area contributed by atoms with E-state index in [1.807, 2.05) is 61.5 Å². The number of hydrogen-bond donors (Lipinski definition) is 1. The quantitative estimate of drug-likeness (QED) is 0.683. The molecule has 150 valence electrons. The van der Waals surface area contributed by atoms with Crippen molar-refractivity contribution in [1.29, 1.82) is 0 Å². The van der Waals surface area contributed by atoms with E-state index in [9.17, 15) is 9.59 Å². The molecule has 0 unspecified atom stereocenters. The lowest BCUT2D eigenvalue weighted by Gasteiger charge is -2.28. The van der Waals surface area contributed by atoms with Crippen LogP contribution < -0.4 is 10.1 Å². The molecule has 0 saturated carbocycles. The molecule has 0 bridgehead atoms. The summed E-state index contributed by atoms with van der Waals surface area (Å²) >= 11 is 0. The van der Waals surface area contributed by atoms with E-state index in [4.69, 9.17) is 4.74 Å². The van der Waals surface area contributed by atoms with Gasteiger partial charge in [0.25, 0.3) is 5.91 Å². The Morgan fingerprint density at radius 3 is 2.29 bits per heavy atom. The summed E-state index contributed by atoms with van der Waals surface area (Å²) in [6, 6.07) is 16.8. The summed E-state index contributed by atoms with van der Waals surface area (Å²) in [6.45, 7) is 6.68. The molecule has 28 heavy (non-hydrogen) atoms. The first-order valence-corrected chi connectivity index (χ1v) is 9.88. The monoisotopic (exact) mass is 382 g/mol. The molecule has 2 amide bonds. The lowest BCUT2D eigenvalue weighted by Crippen LogP contribution is -2.49. The third-order valence-corrected chi connectivity index (χ3v) is 4.61. The highest BCUT2D eigenvalue weighted by Gasteiger charge is 2.26. The first kappa shape index (κ1) is 21.5. The molecule has 0 spiro atoms. The van der Waals surface area contributed by atoms with Crippen LogP contribution in [0.2, 0.25) is 0 Å². The van der Waals surface area contributed by atoms with Gasteiger partial charge in [-0.2, -0.15) is 0 Å². The van der Waals surface area contributed by atoms with Gasteiger partial charge in [-0.3, -0.25) is 9.59 Å². The SMILES string of the molecule is CCCNC(=O)[C@@H](C)N(Cc1ccccc1)C(=O)COc1ccc(CC)cc1. The Morgan fingerprint density at radius 1 is 1.00 bits per heavy atom. The van der Waals surface area contributed by atoms with Crippen molar-refractivity contribution in [2.75, 3.05) is 13.2 Å². The number of benzene rings is 2. The third-order valence-electron chi connectivity index (χ3n) is 4.61. The number of carbonyl (C=O) groups is 2. The van der Waals surface area contributed by atoms with Crippen LogP contribution in [0.5, 0.6) is 5.75 Å². The van der Waals surface area contributed by atoms with Crippen molar-refractivity contribution in [3.05, 3.63) is 65.7 Å². The molecule has 2 aromatic rings. The molecular formula is C23H30N2O3. The van der Waals surface area contributed by atoms with E-state index in [1.54, 1.807) is 11.8 Å². The number of rotatable bonds is 10. The molecule has 0 aliphatic rings. The number of amides is 2. The summed E-state index contributed by atoms with van der Waals surface area (Å²) < 4.78 is 5.67. The standard InChI is InChI=1S/C23H30N2O3/c1-4-15-24-23(27)18(3)25(16-20-9-7-6-8-10-20)22(26)17-28-21-13-11-19(5-2)12-14-21/h6-14,18H,4-5,15-17H2,1-3H3,(H,24,27)/t18-/m1/s1. The Morgan fingerprint density at radius 2 is 1.68 bits per heavy atom. The van der Waals surface area contributed by atoms with Crippen molar-refractivity contribution in [1.82, 2.24) is 10.2 Å². The van der Waals surface area contributed by atoms with Gasteiger partial charge in [-0.05, 0) is 43.0 Å². The van der Waals surface area contributed by atoms with Crippen molar-refractivity contribution in [3.63, 3.8) is 0 Å². The highest BCUT2D eigenvalue weighted by Crippen LogP contribution is 2.14. The average Bonchev–Trinajstić information content (AvgIpc) is 2.74. The molecule has 1 atom stereocenters. The van der Waals surface area contributed by atoms with Crippen molar-refractivity contribution in [2.24, 2.45) is 0 Å². The zero-order valence-corrected chi connectivity index (χ0v) is 17.0. The Kier molecular flexibility index (Phi) is 8.53. The van der Waals surface area contributed by atoms with Crippen LogP contribution in [-0.4, -0.2) is 35.9 Å². The molecule has 0 aliphatic carbocycles. The minimum atomic E-state index is -0.578. The first-order chi connectivity index (χ1) is 13.5. The fourth-order valence-electron chi connectivity index (χ4n) is 2.81. The predicted octanol–water partition coefficient (Wildman–Crippen LogP) is 3.57. The molecule has 0 heterocycles. The van der Waals surface area contributed by atoms with Gasteiger partial charge in [-0.15, -0.1) is 0 Å². The van der Waals surface area contributed by atoms with Crippen LogP contribution in [-0.2, 0) is 22.6 Å². The van der Waals surface area contributed by atoms with Crippen LogP contribution in [0.4, 0.5) is 0 Å². The minimum absolute atomic E-state index is 0.107. The van der Waals surface area contributed by atoms with Crippen molar-refractivity contribution < 1.29 is 14.3 Å². The Balaban J connectivity index is 2.07. The van der Waals surface area contributed by atoms with Gasteiger partial charge >= 0.3 is 0 Å². The second-order valence-corrected chi connectivity index (χ2v) is 6.76. The number of nitrogens with one attached hydrogen (secondary N) is 1. The molecule has 0 aromatic heterocycles. The highest BCUT2D eigenvalue weighted by molar-refractivity contribution is 5.87. The van der Waals surface area contributed by atoms with Gasteiger partial charge in [-0.1, -0.05) is 56.3 Å². The maximum atomic E-state index is 12.9. The lowest BCUT2D eigenvalue weighted by atomic mass is 10.1. The molecule has 0 saturated heterocycles. The summed E-state index contributed by atoms with van der Waals surface area (Å²) in [7, 11) is 0. The van der Waals surface area contributed by atoms with Crippen molar-refractivity contribution in [2.45, 2.75) is 46.2 Å². The molecule has 5 heteroatoms. The normalized spacial score (nSPS) is 11.5. The Hall–Kier alpha value is -2.82. The van der Waals surface area contributed by atoms with Gasteiger partial charge in [0.1, 0.15) is 11.8 Å². The molecular weight excluding hydrogens is 352 g/mol. The van der Waals surface area contributed by atoms with Gasteiger partial charge in [0.05, 0.1) is 0 Å². The van der Waals surface area contributed by atoms with Crippen LogP contribution in [0.15, 0.2) is 54.6 Å². The van der Waals surface area contributed by atoms with Crippen LogP contribution in [0.1, 0.15) is 38.3 Å². The molecule has 0 fully saturated rings. The number of ether oxygens (including phenoxy) is 1. The highest BCUT2D eigenvalue weighted by atomic mass is 16.5. The molecule has 0 aliphatic heterocycles. The second kappa shape index (κ2) is 11.1. The predicted molar refractivity (Wildman–Crippen MR) is 111 cm³/mol. The first-order valence-electron chi connectivity index (χ1n) is 9.88. The second-order valence-electron chi connectivity index (χ2n) is 6.76. The minimum Gasteiger partial charge on any atom is -0.484 e. The van der Waals surface area contributed by atoms with E-state index in [0.29, 0.717) is 18.8 Å². The fraction of sp³-hybridized carbons (Fsp3) is 0.391. The largest absolute Gasteiger partial charge is 0.484 e. The van der Waals surface area contributed by atoms with E-state index in [2.05, 4.69) is 12.2 Å². The number of carbonyl (C=O) groups excluding carboxylic acids is 2. The van der Waals surface area contributed by atoms with E-state index < -0.39 is 6.04 Å². The number of hydrogen-bond acceptors (Lipinski definition) is 3. The zero-order valence-electron chi connectivity index (χ0n) is 17.0. The maximum Gasteiger partial charge on any atom is 0.261 e.